The number of carbonyl (C=O) groups is 1. The Labute approximate surface area is 206 Å². The number of imidazole rings is 1. The quantitative estimate of drug-likeness (QED) is 0.279. The zero-order chi connectivity index (χ0) is 21.5. The number of fused-ring (bicyclic) bond motifs is 2. The molecule has 5 rings (SSSR count). The Morgan fingerprint density at radius 3 is 2.69 bits per heavy atom. The van der Waals surface area contributed by atoms with Gasteiger partial charge in [0, 0.05) is 16.5 Å². The molecule has 1 aromatic heterocycles. The topological polar surface area (TPSA) is 35.1 Å². The number of aryl methyl sites for hydroxylation is 2. The van der Waals surface area contributed by atoms with Gasteiger partial charge in [0.1, 0.15) is 12.3 Å². The maximum atomic E-state index is 13.1. The van der Waals surface area contributed by atoms with Crippen LogP contribution in [0.2, 0.25) is 0 Å². The van der Waals surface area contributed by atoms with Gasteiger partial charge in [-0.25, -0.2) is 9.13 Å². The number of hydrogen-bond donors (Lipinski definition) is 0. The van der Waals surface area contributed by atoms with Crippen LogP contribution in [-0.2, 0) is 19.5 Å². The molecule has 3 aromatic carbocycles. The van der Waals surface area contributed by atoms with Crippen molar-refractivity contribution in [2.75, 3.05) is 6.61 Å². The fourth-order valence-corrected chi connectivity index (χ4v) is 4.76. The third-order valence-corrected chi connectivity index (χ3v) is 6.78. The number of ketones is 1. The third kappa shape index (κ3) is 4.26. The lowest BCUT2D eigenvalue weighted by Gasteiger charge is -2.03. The summed E-state index contributed by atoms with van der Waals surface area (Å²) in [4.78, 5) is 13.1. The van der Waals surface area contributed by atoms with Gasteiger partial charge in [-0.15, -0.1) is 0 Å². The smallest absolute Gasteiger partial charge is 0.245 e. The first kappa shape index (κ1) is 22.7. The standard InChI is InChI=1S/C26H24BrN2O2.BrH/c1-17-11-23-24(12-18(17)2)29(15-25(30)21-5-3-4-6-22(21)27)16-28(23)14-19-7-8-26-20(13-19)9-10-31-26;/h3-8,11-13,16H,9-10,14-15H2,1-2H3;1H/q+1;/p-1. The second-order valence-corrected chi connectivity index (χ2v) is 9.09. The van der Waals surface area contributed by atoms with Crippen LogP contribution in [0.3, 0.4) is 0 Å². The van der Waals surface area contributed by atoms with Crippen molar-refractivity contribution in [1.29, 1.82) is 0 Å². The van der Waals surface area contributed by atoms with Crippen molar-refractivity contribution in [1.82, 2.24) is 4.57 Å². The second kappa shape index (κ2) is 9.20. The highest BCUT2D eigenvalue weighted by Gasteiger charge is 2.22. The van der Waals surface area contributed by atoms with Crippen molar-refractivity contribution in [3.05, 3.63) is 93.2 Å². The van der Waals surface area contributed by atoms with Crippen LogP contribution in [0.4, 0.5) is 0 Å². The fraction of sp³-hybridized carbons (Fsp3) is 0.231. The number of hydrogen-bond acceptors (Lipinski definition) is 2. The van der Waals surface area contributed by atoms with Gasteiger partial charge in [0.2, 0.25) is 12.1 Å². The zero-order valence-corrected chi connectivity index (χ0v) is 21.2. The number of benzene rings is 3. The number of aromatic nitrogens is 2. The molecule has 2 heterocycles. The minimum Gasteiger partial charge on any atom is -1.00 e. The van der Waals surface area contributed by atoms with Crippen molar-refractivity contribution in [2.24, 2.45) is 0 Å². The van der Waals surface area contributed by atoms with E-state index in [1.165, 1.54) is 22.3 Å². The van der Waals surface area contributed by atoms with E-state index in [4.69, 9.17) is 4.74 Å². The number of halogens is 2. The molecule has 32 heavy (non-hydrogen) atoms. The lowest BCUT2D eigenvalue weighted by atomic mass is 10.1. The normalized spacial score (nSPS) is 12.3. The number of ether oxygens (including phenoxy) is 1. The molecule has 0 amide bonds. The van der Waals surface area contributed by atoms with Crippen molar-refractivity contribution >= 4 is 32.7 Å². The molecule has 0 saturated carbocycles. The molecule has 0 radical (unpaired) electrons. The highest BCUT2D eigenvalue weighted by molar-refractivity contribution is 9.10. The van der Waals surface area contributed by atoms with Gasteiger partial charge in [0.05, 0.1) is 6.61 Å². The van der Waals surface area contributed by atoms with E-state index in [0.29, 0.717) is 12.1 Å². The van der Waals surface area contributed by atoms with Crippen molar-refractivity contribution < 1.29 is 31.1 Å². The molecular formula is C26H24Br2N2O2. The Morgan fingerprint density at radius 1 is 1.09 bits per heavy atom. The molecule has 6 heteroatoms. The van der Waals surface area contributed by atoms with Crippen LogP contribution in [-0.4, -0.2) is 17.0 Å². The van der Waals surface area contributed by atoms with E-state index in [9.17, 15) is 4.79 Å². The van der Waals surface area contributed by atoms with Gasteiger partial charge in [0.25, 0.3) is 0 Å². The van der Waals surface area contributed by atoms with Crippen LogP contribution < -0.4 is 26.3 Å². The Morgan fingerprint density at radius 2 is 1.88 bits per heavy atom. The summed E-state index contributed by atoms with van der Waals surface area (Å²) in [6.45, 7) is 6.07. The molecule has 0 saturated heterocycles. The number of nitrogens with zero attached hydrogens (tertiary/aromatic N) is 2. The summed E-state index contributed by atoms with van der Waals surface area (Å²) in [5.41, 5.74) is 7.91. The first-order valence-electron chi connectivity index (χ1n) is 10.5. The fourth-order valence-electron chi connectivity index (χ4n) is 4.25. The zero-order valence-electron chi connectivity index (χ0n) is 18.1. The monoisotopic (exact) mass is 554 g/mol. The molecule has 164 valence electrons. The maximum absolute atomic E-state index is 13.1. The van der Waals surface area contributed by atoms with E-state index in [2.05, 4.69) is 75.6 Å². The first-order valence-corrected chi connectivity index (χ1v) is 11.3. The molecule has 0 N–H and O–H groups in total. The molecule has 0 bridgehead atoms. The van der Waals surface area contributed by atoms with Gasteiger partial charge >= 0.3 is 0 Å². The van der Waals surface area contributed by atoms with Gasteiger partial charge in [0.15, 0.2) is 17.6 Å². The molecule has 0 aliphatic carbocycles. The first-order chi connectivity index (χ1) is 15.0. The molecule has 0 unspecified atom stereocenters. The number of rotatable bonds is 5. The molecular weight excluding hydrogens is 532 g/mol. The Balaban J connectivity index is 0.00000245. The molecule has 1 aliphatic heterocycles. The molecule has 4 aromatic rings. The van der Waals surface area contributed by atoms with Gasteiger partial charge in [-0.2, -0.15) is 0 Å². The summed E-state index contributed by atoms with van der Waals surface area (Å²) >= 11 is 3.51. The van der Waals surface area contributed by atoms with Crippen LogP contribution in [0, 0.1) is 13.8 Å². The van der Waals surface area contributed by atoms with E-state index >= 15 is 0 Å². The van der Waals surface area contributed by atoms with E-state index in [1.807, 2.05) is 24.3 Å². The molecule has 0 fully saturated rings. The Kier molecular flexibility index (Phi) is 6.54. The summed E-state index contributed by atoms with van der Waals surface area (Å²) < 4.78 is 10.8. The highest BCUT2D eigenvalue weighted by atomic mass is 79.9. The lowest BCUT2D eigenvalue weighted by molar-refractivity contribution is -0.663. The van der Waals surface area contributed by atoms with Gasteiger partial charge < -0.3 is 21.7 Å². The summed E-state index contributed by atoms with van der Waals surface area (Å²) in [7, 11) is 0. The average molecular weight is 556 g/mol. The van der Waals surface area contributed by atoms with E-state index in [-0.39, 0.29) is 22.8 Å². The number of carbonyl (C=O) groups excluding carboxylic acids is 1. The maximum Gasteiger partial charge on any atom is 0.245 e. The summed E-state index contributed by atoms with van der Waals surface area (Å²) in [6.07, 6.45) is 3.04. The van der Waals surface area contributed by atoms with Crippen LogP contribution in [0.25, 0.3) is 11.0 Å². The van der Waals surface area contributed by atoms with Crippen molar-refractivity contribution in [3.8, 4) is 5.75 Å². The summed E-state index contributed by atoms with van der Waals surface area (Å²) in [6, 6.07) is 18.5. The van der Waals surface area contributed by atoms with E-state index in [1.54, 1.807) is 0 Å². The molecule has 4 nitrogen and oxygen atoms in total. The largest absolute Gasteiger partial charge is 1.00 e. The minimum atomic E-state index is 0. The molecule has 1 aliphatic rings. The summed E-state index contributed by atoms with van der Waals surface area (Å²) in [5, 5.41) is 0. The Bertz CT molecular complexity index is 1330. The van der Waals surface area contributed by atoms with Crippen molar-refractivity contribution in [3.63, 3.8) is 0 Å². The lowest BCUT2D eigenvalue weighted by Crippen LogP contribution is -3.00. The second-order valence-electron chi connectivity index (χ2n) is 8.24. The predicted octanol–water partition coefficient (Wildman–Crippen LogP) is 2.18. The van der Waals surface area contributed by atoms with Gasteiger partial charge in [-0.1, -0.05) is 40.2 Å². The molecule has 0 atom stereocenters. The van der Waals surface area contributed by atoms with Crippen LogP contribution in [0.15, 0.2) is 65.4 Å². The minimum absolute atomic E-state index is 0. The van der Waals surface area contributed by atoms with Crippen LogP contribution >= 0.6 is 15.9 Å². The number of Topliss-reactive ketones (excluding diaryl/α,β-unsaturated/α-hetero) is 1. The summed E-state index contributed by atoms with van der Waals surface area (Å²) in [5.74, 6) is 1.09. The van der Waals surface area contributed by atoms with Gasteiger partial charge in [-0.3, -0.25) is 4.79 Å². The van der Waals surface area contributed by atoms with Crippen LogP contribution in [0.1, 0.15) is 32.6 Å². The average Bonchev–Trinajstić information content (AvgIpc) is 3.34. The van der Waals surface area contributed by atoms with Crippen molar-refractivity contribution in [2.45, 2.75) is 33.4 Å². The third-order valence-electron chi connectivity index (χ3n) is 6.08. The predicted molar refractivity (Wildman–Crippen MR) is 125 cm³/mol. The van der Waals surface area contributed by atoms with E-state index < -0.39 is 0 Å². The SMILES string of the molecule is Cc1cc2c(cc1C)[n+](Cc1ccc3c(c1)CCO3)cn2CC(=O)c1ccccc1Br.[Br-]. The van der Waals surface area contributed by atoms with Crippen LogP contribution in [0.5, 0.6) is 5.75 Å². The highest BCUT2D eigenvalue weighted by Crippen LogP contribution is 2.26. The molecule has 0 spiro atoms. The van der Waals surface area contributed by atoms with Gasteiger partial charge in [-0.05, 0) is 66.4 Å². The Hall–Kier alpha value is -2.44. The van der Waals surface area contributed by atoms with E-state index in [0.717, 1.165) is 40.8 Å².